The van der Waals surface area contributed by atoms with Crippen LogP contribution < -0.4 is 5.56 Å². The van der Waals surface area contributed by atoms with Crippen molar-refractivity contribution >= 4 is 5.97 Å². The highest BCUT2D eigenvalue weighted by atomic mass is 19.3. The van der Waals surface area contributed by atoms with E-state index in [4.69, 9.17) is 5.26 Å². The molecule has 1 heterocycles. The van der Waals surface area contributed by atoms with Gasteiger partial charge in [0.2, 0.25) is 0 Å². The number of aromatic nitrogens is 1. The lowest BCUT2D eigenvalue weighted by Gasteiger charge is -2.06. The highest BCUT2D eigenvalue weighted by Crippen LogP contribution is 2.16. The molecule has 0 atom stereocenters. The SMILES string of the molecule is CCOC(=O)Cc1[nH]c(=O)c(C(F)F)cc1C#N. The number of carbonyl (C=O) groups excluding carboxylic acids is 1. The highest BCUT2D eigenvalue weighted by Gasteiger charge is 2.17. The van der Waals surface area contributed by atoms with Gasteiger partial charge in [0.25, 0.3) is 12.0 Å². The third-order valence-corrected chi connectivity index (χ3v) is 2.13. The van der Waals surface area contributed by atoms with Crippen LogP contribution in [-0.4, -0.2) is 17.6 Å². The number of nitrogens with zero attached hydrogens (tertiary/aromatic N) is 1. The first kappa shape index (κ1) is 13.8. The molecule has 96 valence electrons. The fourth-order valence-corrected chi connectivity index (χ4v) is 1.34. The quantitative estimate of drug-likeness (QED) is 0.823. The predicted octanol–water partition coefficient (Wildman–Crippen LogP) is 1.29. The fourth-order valence-electron chi connectivity index (χ4n) is 1.34. The van der Waals surface area contributed by atoms with Crippen LogP contribution in [0.4, 0.5) is 8.78 Å². The zero-order chi connectivity index (χ0) is 13.7. The minimum Gasteiger partial charge on any atom is -0.466 e. The summed E-state index contributed by atoms with van der Waals surface area (Å²) in [5, 5.41) is 8.79. The number of aromatic amines is 1. The van der Waals surface area contributed by atoms with Gasteiger partial charge in [0.05, 0.1) is 24.2 Å². The van der Waals surface area contributed by atoms with Crippen LogP contribution in [-0.2, 0) is 16.0 Å². The fraction of sp³-hybridized carbons (Fsp3) is 0.364. The molecule has 0 aliphatic heterocycles. The maximum Gasteiger partial charge on any atom is 0.311 e. The molecular formula is C11H10F2N2O3. The molecule has 0 unspecified atom stereocenters. The lowest BCUT2D eigenvalue weighted by Crippen LogP contribution is -2.19. The van der Waals surface area contributed by atoms with E-state index in [2.05, 4.69) is 9.72 Å². The zero-order valence-electron chi connectivity index (χ0n) is 9.50. The van der Waals surface area contributed by atoms with Crippen LogP contribution in [0, 0.1) is 11.3 Å². The third-order valence-electron chi connectivity index (χ3n) is 2.13. The number of hydrogen-bond acceptors (Lipinski definition) is 4. The summed E-state index contributed by atoms with van der Waals surface area (Å²) in [6, 6.07) is 2.44. The molecule has 0 aliphatic carbocycles. The maximum atomic E-state index is 12.4. The molecule has 1 N–H and O–H groups in total. The molecule has 0 fully saturated rings. The summed E-state index contributed by atoms with van der Waals surface area (Å²) in [7, 11) is 0. The summed E-state index contributed by atoms with van der Waals surface area (Å²) in [4.78, 5) is 24.6. The Balaban J connectivity index is 3.14. The van der Waals surface area contributed by atoms with Crippen molar-refractivity contribution in [2.45, 2.75) is 19.8 Å². The second-order valence-electron chi connectivity index (χ2n) is 3.34. The van der Waals surface area contributed by atoms with Crippen LogP contribution in [0.15, 0.2) is 10.9 Å². The number of hydrogen-bond donors (Lipinski definition) is 1. The highest BCUT2D eigenvalue weighted by molar-refractivity contribution is 5.72. The number of carbonyl (C=O) groups is 1. The van der Waals surface area contributed by atoms with Gasteiger partial charge in [-0.25, -0.2) is 8.78 Å². The van der Waals surface area contributed by atoms with Crippen LogP contribution in [0.2, 0.25) is 0 Å². The van der Waals surface area contributed by atoms with Gasteiger partial charge in [0.15, 0.2) is 0 Å². The average molecular weight is 256 g/mol. The Hall–Kier alpha value is -2.23. The second kappa shape index (κ2) is 5.91. The van der Waals surface area contributed by atoms with Crippen molar-refractivity contribution in [1.29, 1.82) is 5.26 Å². The molecule has 0 spiro atoms. The van der Waals surface area contributed by atoms with Crippen molar-refractivity contribution in [3.63, 3.8) is 0 Å². The molecule has 7 heteroatoms. The lowest BCUT2D eigenvalue weighted by molar-refractivity contribution is -0.142. The smallest absolute Gasteiger partial charge is 0.311 e. The number of ether oxygens (including phenoxy) is 1. The molecule has 0 radical (unpaired) electrons. The van der Waals surface area contributed by atoms with Gasteiger partial charge >= 0.3 is 5.97 Å². The van der Waals surface area contributed by atoms with Crippen LogP contribution in [0.25, 0.3) is 0 Å². The van der Waals surface area contributed by atoms with E-state index in [1.165, 1.54) is 0 Å². The van der Waals surface area contributed by atoms with E-state index in [1.54, 1.807) is 13.0 Å². The molecule has 0 saturated heterocycles. The minimum absolute atomic E-state index is 0.0228. The summed E-state index contributed by atoms with van der Waals surface area (Å²) in [5.41, 5.74) is -1.99. The number of pyridine rings is 1. The lowest BCUT2D eigenvalue weighted by atomic mass is 10.1. The van der Waals surface area contributed by atoms with Crippen molar-refractivity contribution in [2.24, 2.45) is 0 Å². The van der Waals surface area contributed by atoms with Crippen LogP contribution in [0.3, 0.4) is 0 Å². The van der Waals surface area contributed by atoms with Crippen molar-refractivity contribution in [1.82, 2.24) is 4.98 Å². The molecule has 0 bridgehead atoms. The van der Waals surface area contributed by atoms with Crippen LogP contribution >= 0.6 is 0 Å². The van der Waals surface area contributed by atoms with Crippen LogP contribution in [0.1, 0.15) is 30.2 Å². The third kappa shape index (κ3) is 3.13. The number of halogens is 2. The number of nitrogens with one attached hydrogen (secondary N) is 1. The topological polar surface area (TPSA) is 83.0 Å². The molecule has 0 amide bonds. The van der Waals surface area contributed by atoms with E-state index >= 15 is 0 Å². The van der Waals surface area contributed by atoms with E-state index in [1.807, 2.05) is 0 Å². The van der Waals surface area contributed by atoms with Gasteiger partial charge in [-0.1, -0.05) is 0 Å². The molecule has 1 aromatic rings. The predicted molar refractivity (Wildman–Crippen MR) is 57.1 cm³/mol. The van der Waals surface area contributed by atoms with E-state index in [9.17, 15) is 18.4 Å². The summed E-state index contributed by atoms with van der Waals surface area (Å²) < 4.78 is 29.5. The Labute approximate surface area is 101 Å². The van der Waals surface area contributed by atoms with Gasteiger partial charge in [-0.05, 0) is 13.0 Å². The second-order valence-corrected chi connectivity index (χ2v) is 3.34. The van der Waals surface area contributed by atoms with E-state index in [0.29, 0.717) is 0 Å². The zero-order valence-corrected chi connectivity index (χ0v) is 9.50. The number of nitriles is 1. The minimum atomic E-state index is -2.97. The largest absolute Gasteiger partial charge is 0.466 e. The van der Waals surface area contributed by atoms with E-state index < -0.39 is 23.5 Å². The maximum absolute atomic E-state index is 12.4. The Morgan fingerprint density at radius 1 is 1.61 bits per heavy atom. The Bertz CT molecular complexity index is 546. The number of rotatable bonds is 4. The van der Waals surface area contributed by atoms with Gasteiger partial charge in [0, 0.05) is 5.69 Å². The Morgan fingerprint density at radius 2 is 2.28 bits per heavy atom. The summed E-state index contributed by atoms with van der Waals surface area (Å²) >= 11 is 0. The first-order valence-electron chi connectivity index (χ1n) is 5.09. The first-order valence-corrected chi connectivity index (χ1v) is 5.09. The van der Waals surface area contributed by atoms with Gasteiger partial charge in [-0.3, -0.25) is 9.59 Å². The molecular weight excluding hydrogens is 246 g/mol. The van der Waals surface area contributed by atoms with Gasteiger partial charge < -0.3 is 9.72 Å². The Morgan fingerprint density at radius 3 is 2.78 bits per heavy atom. The average Bonchev–Trinajstić information content (AvgIpc) is 2.29. The molecule has 0 aliphatic rings. The van der Waals surface area contributed by atoms with E-state index in [0.717, 1.165) is 6.07 Å². The standard InChI is InChI=1S/C11H10F2N2O3/c1-2-18-9(16)4-8-6(5-14)3-7(10(12)13)11(17)15-8/h3,10H,2,4H2,1H3,(H,15,17). The summed E-state index contributed by atoms with van der Waals surface area (Å²) in [6.45, 7) is 1.76. The van der Waals surface area contributed by atoms with Crippen molar-refractivity contribution in [2.75, 3.05) is 6.61 Å². The van der Waals surface area contributed by atoms with Gasteiger partial charge in [-0.2, -0.15) is 5.26 Å². The number of esters is 1. The van der Waals surface area contributed by atoms with Crippen molar-refractivity contribution in [3.05, 3.63) is 33.2 Å². The first-order chi connectivity index (χ1) is 8.49. The Kier molecular flexibility index (Phi) is 4.54. The molecule has 1 rings (SSSR count). The van der Waals surface area contributed by atoms with Crippen LogP contribution in [0.5, 0.6) is 0 Å². The molecule has 0 aromatic carbocycles. The molecule has 1 aromatic heterocycles. The van der Waals surface area contributed by atoms with E-state index in [-0.39, 0.29) is 24.3 Å². The molecule has 0 saturated carbocycles. The number of alkyl halides is 2. The summed E-state index contributed by atoms with van der Waals surface area (Å²) in [5.74, 6) is -0.644. The normalized spacial score (nSPS) is 10.2. The molecule has 18 heavy (non-hydrogen) atoms. The van der Waals surface area contributed by atoms with Gasteiger partial charge in [0.1, 0.15) is 6.07 Å². The monoisotopic (exact) mass is 256 g/mol. The van der Waals surface area contributed by atoms with Gasteiger partial charge in [-0.15, -0.1) is 0 Å². The van der Waals surface area contributed by atoms with Crippen molar-refractivity contribution < 1.29 is 18.3 Å². The molecule has 5 nitrogen and oxygen atoms in total. The number of H-pyrrole nitrogens is 1. The van der Waals surface area contributed by atoms with Crippen molar-refractivity contribution in [3.8, 4) is 6.07 Å². The summed E-state index contributed by atoms with van der Waals surface area (Å²) in [6.07, 6.45) is -3.31.